The number of allylic oxidation sites excluding steroid dienone is 1. The Morgan fingerprint density at radius 1 is 1.10 bits per heavy atom. The molecule has 0 spiro atoms. The molecule has 40 heavy (non-hydrogen) atoms. The lowest BCUT2D eigenvalue weighted by Crippen LogP contribution is -2.43. The van der Waals surface area contributed by atoms with Gasteiger partial charge in [-0.1, -0.05) is 48.9 Å². The number of aryl methyl sites for hydroxylation is 1. The fraction of sp³-hybridized carbons (Fsp3) is 0.400. The Balaban J connectivity index is 1.30. The molecule has 2 aromatic rings. The number of guanidine groups is 1. The topological polar surface area (TPSA) is 112 Å². The van der Waals surface area contributed by atoms with Crippen LogP contribution in [0.2, 0.25) is 5.02 Å². The minimum atomic E-state index is -0.318. The lowest BCUT2D eigenvalue weighted by Gasteiger charge is -2.32. The Kier molecular flexibility index (Phi) is 10.4. The van der Waals surface area contributed by atoms with Gasteiger partial charge < -0.3 is 21.3 Å². The number of nitrogens with two attached hydrogens (primary N) is 1. The number of aliphatic imine (C=N–C) groups is 2. The van der Waals surface area contributed by atoms with Gasteiger partial charge in [-0.2, -0.15) is 0 Å². The van der Waals surface area contributed by atoms with Gasteiger partial charge in [-0.25, -0.2) is 4.99 Å². The average Bonchev–Trinajstić information content (AvgIpc) is 3.08. The molecule has 8 nitrogen and oxygen atoms in total. The van der Waals surface area contributed by atoms with Gasteiger partial charge in [0.1, 0.15) is 5.71 Å². The number of halogens is 2. The van der Waals surface area contributed by atoms with Crippen molar-refractivity contribution in [1.82, 2.24) is 15.5 Å². The number of amides is 2. The molecule has 0 radical (unpaired) electrons. The molecule has 10 heteroatoms. The molecule has 4 rings (SSSR count). The molecule has 2 aliphatic rings. The Bertz CT molecular complexity index is 1330. The summed E-state index contributed by atoms with van der Waals surface area (Å²) < 4.78 is 0.507. The SMILES string of the molecule is Cc1ccccc1N=C(N)N1CCC(CCNC(=O)C2=NCCC(C)C(NC(=O)c3ccccc3Cl)=C2Br)CC1. The predicted octanol–water partition coefficient (Wildman–Crippen LogP) is 5.33. The van der Waals surface area contributed by atoms with Crippen molar-refractivity contribution < 1.29 is 9.59 Å². The summed E-state index contributed by atoms with van der Waals surface area (Å²) in [5.74, 6) is 0.473. The van der Waals surface area contributed by atoms with Crippen LogP contribution in [0.25, 0.3) is 0 Å². The first-order valence-electron chi connectivity index (χ1n) is 13.7. The van der Waals surface area contributed by atoms with Gasteiger partial charge in [0, 0.05) is 31.9 Å². The average molecular weight is 628 g/mol. The Hall–Kier alpha value is -3.17. The van der Waals surface area contributed by atoms with Crippen LogP contribution < -0.4 is 16.4 Å². The number of rotatable bonds is 7. The number of hydrogen-bond donors (Lipinski definition) is 3. The second kappa shape index (κ2) is 13.9. The molecule has 2 aromatic carbocycles. The Morgan fingerprint density at radius 3 is 2.52 bits per heavy atom. The van der Waals surface area contributed by atoms with Crippen LogP contribution >= 0.6 is 27.5 Å². The van der Waals surface area contributed by atoms with Gasteiger partial charge in [0.15, 0.2) is 5.96 Å². The van der Waals surface area contributed by atoms with E-state index in [1.807, 2.05) is 38.1 Å². The van der Waals surface area contributed by atoms with Crippen molar-refractivity contribution in [3.8, 4) is 0 Å². The first kappa shape index (κ1) is 29.8. The van der Waals surface area contributed by atoms with E-state index in [4.69, 9.17) is 17.3 Å². The highest BCUT2D eigenvalue weighted by atomic mass is 79.9. The van der Waals surface area contributed by atoms with E-state index in [0.29, 0.717) is 57.9 Å². The van der Waals surface area contributed by atoms with Crippen molar-refractivity contribution in [3.63, 3.8) is 0 Å². The van der Waals surface area contributed by atoms with Crippen LogP contribution in [0.4, 0.5) is 5.69 Å². The minimum absolute atomic E-state index is 0.00169. The fourth-order valence-corrected chi connectivity index (χ4v) is 5.94. The maximum Gasteiger partial charge on any atom is 0.270 e. The van der Waals surface area contributed by atoms with Gasteiger partial charge >= 0.3 is 0 Å². The Morgan fingerprint density at radius 2 is 1.80 bits per heavy atom. The van der Waals surface area contributed by atoms with E-state index in [1.54, 1.807) is 24.3 Å². The smallest absolute Gasteiger partial charge is 0.270 e. The maximum atomic E-state index is 13.1. The minimum Gasteiger partial charge on any atom is -0.369 e. The molecular weight excluding hydrogens is 592 g/mol. The normalized spacial score (nSPS) is 18.7. The van der Waals surface area contributed by atoms with Crippen LogP contribution in [0, 0.1) is 18.8 Å². The van der Waals surface area contributed by atoms with Crippen LogP contribution in [-0.4, -0.2) is 54.6 Å². The molecule has 4 N–H and O–H groups in total. The van der Waals surface area contributed by atoms with Gasteiger partial charge in [-0.15, -0.1) is 0 Å². The lowest BCUT2D eigenvalue weighted by atomic mass is 9.93. The van der Waals surface area contributed by atoms with E-state index in [9.17, 15) is 9.59 Å². The number of para-hydroxylation sites is 1. The van der Waals surface area contributed by atoms with Crippen LogP contribution in [0.15, 0.2) is 68.7 Å². The third-order valence-corrected chi connectivity index (χ3v) is 8.61. The maximum absolute atomic E-state index is 13.1. The van der Waals surface area contributed by atoms with E-state index >= 15 is 0 Å². The van der Waals surface area contributed by atoms with E-state index < -0.39 is 0 Å². The molecule has 0 saturated carbocycles. The van der Waals surface area contributed by atoms with Crippen LogP contribution in [0.3, 0.4) is 0 Å². The summed E-state index contributed by atoms with van der Waals surface area (Å²) in [6.45, 7) is 6.76. The molecule has 1 atom stereocenters. The zero-order chi connectivity index (χ0) is 28.6. The fourth-order valence-electron chi connectivity index (χ4n) is 4.92. The summed E-state index contributed by atoms with van der Waals surface area (Å²) in [4.78, 5) is 37.3. The van der Waals surface area contributed by atoms with Crippen LogP contribution in [-0.2, 0) is 4.79 Å². The first-order chi connectivity index (χ1) is 19.2. The predicted molar refractivity (Wildman–Crippen MR) is 165 cm³/mol. The number of likely N-dealkylation sites (tertiary alicyclic amines) is 1. The number of carbonyl (C=O) groups excluding carboxylic acids is 2. The van der Waals surface area contributed by atoms with Gasteiger partial charge in [0.05, 0.1) is 20.8 Å². The van der Waals surface area contributed by atoms with Crippen molar-refractivity contribution >= 4 is 56.7 Å². The summed E-state index contributed by atoms with van der Waals surface area (Å²) in [6, 6.07) is 14.8. The quantitative estimate of drug-likeness (QED) is 0.285. The van der Waals surface area contributed by atoms with Crippen molar-refractivity contribution in [2.75, 3.05) is 26.2 Å². The monoisotopic (exact) mass is 626 g/mol. The largest absolute Gasteiger partial charge is 0.369 e. The summed E-state index contributed by atoms with van der Waals surface area (Å²) in [5.41, 5.74) is 9.61. The van der Waals surface area contributed by atoms with E-state index in [2.05, 4.69) is 41.4 Å². The highest BCUT2D eigenvalue weighted by Crippen LogP contribution is 2.27. The summed E-state index contributed by atoms with van der Waals surface area (Å²) in [6.07, 6.45) is 3.55. The number of benzene rings is 2. The molecule has 2 aliphatic heterocycles. The molecule has 1 fully saturated rings. The van der Waals surface area contributed by atoms with E-state index in [-0.39, 0.29) is 17.7 Å². The van der Waals surface area contributed by atoms with Crippen LogP contribution in [0.1, 0.15) is 48.5 Å². The van der Waals surface area contributed by atoms with Gasteiger partial charge in [-0.05, 0) is 84.1 Å². The molecular formula is C30H36BrClN6O2. The second-order valence-corrected chi connectivity index (χ2v) is 11.5. The first-order valence-corrected chi connectivity index (χ1v) is 14.8. The molecule has 2 heterocycles. The number of nitrogens with one attached hydrogen (secondary N) is 2. The molecule has 2 amide bonds. The summed E-state index contributed by atoms with van der Waals surface area (Å²) in [5, 5.41) is 6.37. The molecule has 212 valence electrons. The molecule has 0 aliphatic carbocycles. The van der Waals surface area contributed by atoms with E-state index in [0.717, 1.165) is 43.6 Å². The molecule has 1 unspecified atom stereocenters. The summed E-state index contributed by atoms with van der Waals surface area (Å²) in [7, 11) is 0. The number of carbonyl (C=O) groups is 2. The lowest BCUT2D eigenvalue weighted by molar-refractivity contribution is -0.114. The van der Waals surface area contributed by atoms with Crippen molar-refractivity contribution in [3.05, 3.63) is 74.9 Å². The van der Waals surface area contributed by atoms with Gasteiger partial charge in [0.2, 0.25) is 0 Å². The van der Waals surface area contributed by atoms with E-state index in [1.165, 1.54) is 0 Å². The van der Waals surface area contributed by atoms with Crippen molar-refractivity contribution in [2.45, 2.75) is 39.5 Å². The highest BCUT2D eigenvalue weighted by Gasteiger charge is 2.27. The van der Waals surface area contributed by atoms with Gasteiger partial charge in [0.25, 0.3) is 11.8 Å². The number of piperidine rings is 1. The summed E-state index contributed by atoms with van der Waals surface area (Å²) >= 11 is 9.77. The van der Waals surface area contributed by atoms with Crippen LogP contribution in [0.5, 0.6) is 0 Å². The second-order valence-electron chi connectivity index (χ2n) is 10.3. The molecule has 1 saturated heterocycles. The number of hydrogen-bond acceptors (Lipinski definition) is 4. The third-order valence-electron chi connectivity index (χ3n) is 7.48. The number of nitrogens with zero attached hydrogens (tertiary/aromatic N) is 3. The molecule has 0 bridgehead atoms. The Labute approximate surface area is 249 Å². The van der Waals surface area contributed by atoms with Crippen molar-refractivity contribution in [2.24, 2.45) is 27.6 Å². The molecule has 0 aromatic heterocycles. The third kappa shape index (κ3) is 7.52. The zero-order valence-corrected chi connectivity index (χ0v) is 25.3. The highest BCUT2D eigenvalue weighted by molar-refractivity contribution is 9.12. The standard InChI is InChI=1S/C30H36BrClN6O2/c1-19-7-3-6-10-24(19)36-30(33)38-17-13-21(14-18-38)12-16-35-29(40)27-25(31)26(20(2)11-15-34-27)37-28(39)22-8-4-5-9-23(22)32/h3-10,20-21H,11-18H2,1-2H3,(H2,33,36)(H,35,40)(H,37,39). The van der Waals surface area contributed by atoms with Gasteiger partial charge in [-0.3, -0.25) is 14.6 Å². The zero-order valence-electron chi connectivity index (χ0n) is 22.9. The van der Waals surface area contributed by atoms with Crippen molar-refractivity contribution in [1.29, 1.82) is 0 Å².